The predicted octanol–water partition coefficient (Wildman–Crippen LogP) is 13.1. The molecule has 2 nitrogen and oxygen atoms in total. The molecule has 226 valence electrons. The zero-order chi connectivity index (χ0) is 31.9. The van der Waals surface area contributed by atoms with Gasteiger partial charge in [0, 0.05) is 22.6 Å². The highest BCUT2D eigenvalue weighted by atomic mass is 32.1. The molecule has 0 radical (unpaired) electrons. The summed E-state index contributed by atoms with van der Waals surface area (Å²) in [5.74, 6) is 0. The zero-order valence-electron chi connectivity index (χ0n) is 26.1. The quantitative estimate of drug-likeness (QED) is 0.182. The third-order valence-corrected chi connectivity index (χ3v) is 10.2. The second-order valence-corrected chi connectivity index (χ2v) is 13.1. The van der Waals surface area contributed by atoms with Crippen molar-refractivity contribution in [3.63, 3.8) is 0 Å². The number of para-hydroxylation sites is 1. The van der Waals surface area contributed by atoms with Gasteiger partial charge in [0.1, 0.15) is 5.01 Å². The van der Waals surface area contributed by atoms with E-state index in [4.69, 9.17) is 4.98 Å². The number of fused-ring (bicyclic) bond motifs is 3. The van der Waals surface area contributed by atoms with Crippen LogP contribution in [0.15, 0.2) is 182 Å². The Balaban J connectivity index is 1.09. The van der Waals surface area contributed by atoms with E-state index < -0.39 is 0 Å². The van der Waals surface area contributed by atoms with Crippen LogP contribution >= 0.6 is 11.3 Å². The molecule has 0 aliphatic carbocycles. The topological polar surface area (TPSA) is 16.1 Å². The van der Waals surface area contributed by atoms with E-state index in [-0.39, 0.29) is 0 Å². The Morgan fingerprint density at radius 3 is 1.27 bits per heavy atom. The zero-order valence-corrected chi connectivity index (χ0v) is 26.9. The minimum atomic E-state index is 1.04. The number of rotatable bonds is 6. The smallest absolute Gasteiger partial charge is 0.124 e. The van der Waals surface area contributed by atoms with Crippen LogP contribution in [0.4, 0.5) is 17.1 Å². The molecule has 9 aromatic rings. The average molecular weight is 631 g/mol. The maximum absolute atomic E-state index is 4.89. The number of hydrogen-bond acceptors (Lipinski definition) is 3. The summed E-state index contributed by atoms with van der Waals surface area (Å²) in [5.41, 5.74) is 10.3. The van der Waals surface area contributed by atoms with Crippen LogP contribution in [0.2, 0.25) is 0 Å². The van der Waals surface area contributed by atoms with E-state index >= 15 is 0 Å². The summed E-state index contributed by atoms with van der Waals surface area (Å²) in [6.07, 6.45) is 0. The van der Waals surface area contributed by atoms with Gasteiger partial charge in [-0.15, -0.1) is 11.3 Å². The van der Waals surface area contributed by atoms with E-state index in [0.717, 1.165) is 33.1 Å². The van der Waals surface area contributed by atoms with Gasteiger partial charge < -0.3 is 4.90 Å². The highest BCUT2D eigenvalue weighted by Crippen LogP contribution is 2.39. The first-order valence-electron chi connectivity index (χ1n) is 16.2. The van der Waals surface area contributed by atoms with E-state index in [9.17, 15) is 0 Å². The van der Waals surface area contributed by atoms with Crippen LogP contribution in [0.3, 0.4) is 0 Å². The van der Waals surface area contributed by atoms with Crippen molar-refractivity contribution in [3.8, 4) is 32.8 Å². The van der Waals surface area contributed by atoms with Crippen LogP contribution in [0, 0.1) is 0 Å². The van der Waals surface area contributed by atoms with E-state index in [1.165, 1.54) is 48.5 Å². The second kappa shape index (κ2) is 12.0. The maximum atomic E-state index is 4.89. The average Bonchev–Trinajstić information content (AvgIpc) is 3.60. The molecular formula is C45H30N2S. The summed E-state index contributed by atoms with van der Waals surface area (Å²) in [5, 5.41) is 6.05. The van der Waals surface area contributed by atoms with Crippen LogP contribution in [0.1, 0.15) is 0 Å². The van der Waals surface area contributed by atoms with Gasteiger partial charge in [0.2, 0.25) is 0 Å². The lowest BCUT2D eigenvalue weighted by Crippen LogP contribution is -2.09. The SMILES string of the molecule is c1ccc2cc(-c3ccc(N(c4ccc(-c5ccc6ccccc6c5)cc4)c4ccc(-c5nc6ccccc6s5)cc4)cc3)ccc2c1. The van der Waals surface area contributed by atoms with E-state index in [1.807, 2.05) is 6.07 Å². The molecule has 0 N–H and O–H groups in total. The lowest BCUT2D eigenvalue weighted by Gasteiger charge is -2.26. The van der Waals surface area contributed by atoms with Gasteiger partial charge in [-0.3, -0.25) is 0 Å². The number of benzene rings is 8. The van der Waals surface area contributed by atoms with Crippen LogP contribution in [0.5, 0.6) is 0 Å². The molecule has 8 aromatic carbocycles. The van der Waals surface area contributed by atoms with Crippen molar-refractivity contribution < 1.29 is 0 Å². The van der Waals surface area contributed by atoms with Gasteiger partial charge in [-0.2, -0.15) is 0 Å². The van der Waals surface area contributed by atoms with Crippen LogP contribution in [-0.4, -0.2) is 4.98 Å². The van der Waals surface area contributed by atoms with Crippen molar-refractivity contribution in [1.29, 1.82) is 0 Å². The summed E-state index contributed by atoms with van der Waals surface area (Å²) < 4.78 is 1.20. The lowest BCUT2D eigenvalue weighted by molar-refractivity contribution is 1.28. The normalized spacial score (nSPS) is 11.3. The van der Waals surface area contributed by atoms with Crippen LogP contribution in [-0.2, 0) is 0 Å². The highest BCUT2D eigenvalue weighted by molar-refractivity contribution is 7.21. The minimum Gasteiger partial charge on any atom is -0.311 e. The van der Waals surface area contributed by atoms with Gasteiger partial charge >= 0.3 is 0 Å². The fourth-order valence-electron chi connectivity index (χ4n) is 6.54. The van der Waals surface area contributed by atoms with Gasteiger partial charge in [0.05, 0.1) is 10.2 Å². The summed E-state index contributed by atoms with van der Waals surface area (Å²) >= 11 is 1.73. The Kier molecular flexibility index (Phi) is 7.03. The molecule has 0 atom stereocenters. The molecule has 0 unspecified atom stereocenters. The summed E-state index contributed by atoms with van der Waals surface area (Å²) in [4.78, 5) is 7.22. The van der Waals surface area contributed by atoms with Crippen molar-refractivity contribution in [2.75, 3.05) is 4.90 Å². The molecule has 0 fully saturated rings. The Labute approximate surface area is 283 Å². The van der Waals surface area contributed by atoms with Gasteiger partial charge in [-0.25, -0.2) is 4.98 Å². The molecular weight excluding hydrogens is 601 g/mol. The first kappa shape index (κ1) is 28.2. The van der Waals surface area contributed by atoms with E-state index in [0.29, 0.717) is 0 Å². The number of thiazole rings is 1. The van der Waals surface area contributed by atoms with Crippen molar-refractivity contribution >= 4 is 60.2 Å². The van der Waals surface area contributed by atoms with E-state index in [1.54, 1.807) is 11.3 Å². The van der Waals surface area contributed by atoms with Crippen molar-refractivity contribution in [2.45, 2.75) is 0 Å². The third kappa shape index (κ3) is 5.30. The molecule has 0 bridgehead atoms. The molecule has 9 rings (SSSR count). The lowest BCUT2D eigenvalue weighted by atomic mass is 10.00. The van der Waals surface area contributed by atoms with Gasteiger partial charge in [-0.05, 0) is 117 Å². The largest absolute Gasteiger partial charge is 0.311 e. The fourth-order valence-corrected chi connectivity index (χ4v) is 7.51. The fraction of sp³-hybridized carbons (Fsp3) is 0. The summed E-state index contributed by atoms with van der Waals surface area (Å²) in [6.45, 7) is 0. The second-order valence-electron chi connectivity index (χ2n) is 12.1. The number of hydrogen-bond donors (Lipinski definition) is 0. The maximum Gasteiger partial charge on any atom is 0.124 e. The molecule has 1 heterocycles. The van der Waals surface area contributed by atoms with E-state index in [2.05, 4.69) is 181 Å². The Morgan fingerprint density at radius 2 is 0.771 bits per heavy atom. The summed E-state index contributed by atoms with van der Waals surface area (Å²) in [7, 11) is 0. The minimum absolute atomic E-state index is 1.04. The van der Waals surface area contributed by atoms with Gasteiger partial charge in [0.15, 0.2) is 0 Å². The molecule has 0 saturated carbocycles. The standard InChI is InChI=1S/C45H30N2S/c1-3-9-36-29-38(15-13-31(36)7-1)33-17-23-40(24-18-33)47(42-27-21-35(22-28-42)45-46-43-11-5-6-12-44(43)48-45)41-25-19-34(20-26-41)39-16-14-32-8-2-4-10-37(32)30-39/h1-30H. The monoisotopic (exact) mass is 630 g/mol. The summed E-state index contributed by atoms with van der Waals surface area (Å²) in [6, 6.07) is 65.3. The molecule has 48 heavy (non-hydrogen) atoms. The Morgan fingerprint density at radius 1 is 0.354 bits per heavy atom. The Bertz CT molecular complexity index is 2390. The van der Waals surface area contributed by atoms with Crippen LogP contribution in [0.25, 0.3) is 64.6 Å². The number of anilines is 3. The van der Waals surface area contributed by atoms with Crippen molar-refractivity contribution in [2.24, 2.45) is 0 Å². The van der Waals surface area contributed by atoms with Crippen molar-refractivity contribution in [3.05, 3.63) is 182 Å². The molecule has 1 aromatic heterocycles. The molecule has 0 saturated heterocycles. The molecule has 0 aliphatic heterocycles. The van der Waals surface area contributed by atoms with Crippen molar-refractivity contribution in [1.82, 2.24) is 4.98 Å². The van der Waals surface area contributed by atoms with Gasteiger partial charge in [0.25, 0.3) is 0 Å². The Hall–Kier alpha value is -6.03. The first-order valence-corrected chi connectivity index (χ1v) is 17.0. The number of aromatic nitrogens is 1. The first-order chi connectivity index (χ1) is 23.7. The van der Waals surface area contributed by atoms with Gasteiger partial charge in [-0.1, -0.05) is 109 Å². The van der Waals surface area contributed by atoms with Crippen LogP contribution < -0.4 is 4.90 Å². The molecule has 0 amide bonds. The third-order valence-electron chi connectivity index (χ3n) is 9.08. The molecule has 0 spiro atoms. The molecule has 0 aliphatic rings. The number of nitrogens with zero attached hydrogens (tertiary/aromatic N) is 2. The predicted molar refractivity (Wildman–Crippen MR) is 206 cm³/mol. The molecule has 3 heteroatoms. The highest BCUT2D eigenvalue weighted by Gasteiger charge is 2.15.